The fraction of sp³-hybridized carbons (Fsp3) is 0.577. The highest BCUT2D eigenvalue weighted by Crippen LogP contribution is 2.17. The summed E-state index contributed by atoms with van der Waals surface area (Å²) >= 11 is 0. The van der Waals surface area contributed by atoms with Crippen molar-refractivity contribution >= 4 is 29.6 Å². The van der Waals surface area contributed by atoms with Crippen LogP contribution in [0.25, 0.3) is 0 Å². The predicted octanol–water partition coefficient (Wildman–Crippen LogP) is -0.981. The molecule has 0 bridgehead atoms. The van der Waals surface area contributed by atoms with E-state index in [1.54, 1.807) is 48.8 Å². The summed E-state index contributed by atoms with van der Waals surface area (Å²) in [6.45, 7) is 10.7. The molecule has 1 rings (SSSR count). The summed E-state index contributed by atoms with van der Waals surface area (Å²) in [6, 6.07) is 0. The summed E-state index contributed by atoms with van der Waals surface area (Å²) in [4.78, 5) is 55.5. The molecule has 18 heteroatoms. The van der Waals surface area contributed by atoms with Gasteiger partial charge in [0.1, 0.15) is 11.7 Å². The van der Waals surface area contributed by atoms with Gasteiger partial charge in [-0.15, -0.1) is 0 Å². The zero-order valence-electron chi connectivity index (χ0n) is 27.3. The molecule has 0 aliphatic heterocycles. The molecule has 0 aromatic carbocycles. The van der Waals surface area contributed by atoms with E-state index in [4.69, 9.17) is 16.7 Å². The SMILES string of the molecule is CNC(C)(C)/C(N)=N/O.CNC(C)(C)C(N)=NC(=CC(=O)OC)C(=O)OC.CNC(C)(C)c1nc(C(=O)OC)c(O)c(=O)[nH]1. The standard InChI is InChI=1S/C11H19N3O4.C10H15N3O4.C5H13N3O/c1-11(2,13-3)10(12)14-7(9(16)18-5)6-8(15)17-4;1-10(2,11-3)9-12-5(8(16)17-4)6(14)7(15)13-9;1-5(2,7-3)4(6)8-9/h6,13H,1-5H3,(H2,12,14);11,14H,1-4H3,(H,12,13,15);7,9H,1-3H3,(H2,6,8). The molecule has 0 spiro atoms. The number of carbonyl (C=O) groups excluding carboxylic acids is 3. The number of esters is 3. The summed E-state index contributed by atoms with van der Waals surface area (Å²) in [5.41, 5.74) is 7.98. The second-order valence-corrected chi connectivity index (χ2v) is 10.3. The lowest BCUT2D eigenvalue weighted by Gasteiger charge is -2.23. The van der Waals surface area contributed by atoms with Gasteiger partial charge >= 0.3 is 17.9 Å². The van der Waals surface area contributed by atoms with Crippen molar-refractivity contribution in [3.05, 3.63) is 33.6 Å². The van der Waals surface area contributed by atoms with Crippen LogP contribution in [0.15, 0.2) is 26.7 Å². The fourth-order valence-corrected chi connectivity index (χ4v) is 2.18. The number of rotatable bonds is 10. The lowest BCUT2D eigenvalue weighted by molar-refractivity contribution is -0.138. The van der Waals surface area contributed by atoms with E-state index in [1.807, 2.05) is 13.8 Å². The predicted molar refractivity (Wildman–Crippen MR) is 163 cm³/mol. The van der Waals surface area contributed by atoms with E-state index in [9.17, 15) is 24.3 Å². The average Bonchev–Trinajstić information content (AvgIpc) is 3.00. The Morgan fingerprint density at radius 2 is 1.39 bits per heavy atom. The van der Waals surface area contributed by atoms with E-state index in [0.29, 0.717) is 0 Å². The molecule has 0 radical (unpaired) electrons. The Balaban J connectivity index is 0. The van der Waals surface area contributed by atoms with Crippen LogP contribution < -0.4 is 33.0 Å². The number of hydrogen-bond acceptors (Lipinski definition) is 15. The first-order valence-corrected chi connectivity index (χ1v) is 12.8. The highest BCUT2D eigenvalue weighted by molar-refractivity contribution is 6.00. The second-order valence-electron chi connectivity index (χ2n) is 10.3. The number of aromatic hydroxyl groups is 1. The topological polar surface area (TPSA) is 278 Å². The summed E-state index contributed by atoms with van der Waals surface area (Å²) in [6.07, 6.45) is 0.921. The molecule has 1 aromatic rings. The van der Waals surface area contributed by atoms with E-state index in [2.05, 4.69) is 50.3 Å². The normalized spacial score (nSPS) is 12.6. The minimum absolute atomic E-state index is 0.144. The molecule has 44 heavy (non-hydrogen) atoms. The van der Waals surface area contributed by atoms with Crippen molar-refractivity contribution in [3.63, 3.8) is 0 Å². The maximum atomic E-state index is 11.5. The molecule has 0 aliphatic rings. The number of aliphatic imine (C=N–C) groups is 1. The Kier molecular flexibility index (Phi) is 17.2. The summed E-state index contributed by atoms with van der Waals surface area (Å²) in [7, 11) is 8.65. The van der Waals surface area contributed by atoms with E-state index >= 15 is 0 Å². The summed E-state index contributed by atoms with van der Waals surface area (Å²) in [5.74, 6) is -2.52. The quantitative estimate of drug-likeness (QED) is 0.0294. The summed E-state index contributed by atoms with van der Waals surface area (Å²) < 4.78 is 13.4. The monoisotopic (exact) mass is 629 g/mol. The lowest BCUT2D eigenvalue weighted by atomic mass is 10.1. The highest BCUT2D eigenvalue weighted by atomic mass is 16.5. The number of oxime groups is 1. The van der Waals surface area contributed by atoms with Crippen molar-refractivity contribution < 1.29 is 38.9 Å². The number of amidine groups is 2. The number of methoxy groups -OCH3 is 3. The van der Waals surface area contributed by atoms with Crippen LogP contribution >= 0.6 is 0 Å². The van der Waals surface area contributed by atoms with Crippen molar-refractivity contribution in [2.75, 3.05) is 42.5 Å². The average molecular weight is 630 g/mol. The van der Waals surface area contributed by atoms with Crippen LogP contribution in [-0.2, 0) is 29.3 Å². The first-order valence-electron chi connectivity index (χ1n) is 12.8. The van der Waals surface area contributed by atoms with E-state index < -0.39 is 51.5 Å². The highest BCUT2D eigenvalue weighted by Gasteiger charge is 2.26. The molecule has 18 nitrogen and oxygen atoms in total. The third-order valence-electron chi connectivity index (χ3n) is 6.22. The second kappa shape index (κ2) is 18.2. The number of H-pyrrole nitrogens is 1. The smallest absolute Gasteiger partial charge is 0.360 e. The Morgan fingerprint density at radius 3 is 1.75 bits per heavy atom. The van der Waals surface area contributed by atoms with Crippen LogP contribution in [0.3, 0.4) is 0 Å². The number of aromatic nitrogens is 2. The van der Waals surface area contributed by atoms with Gasteiger partial charge in [-0.05, 0) is 62.7 Å². The molecular weight excluding hydrogens is 582 g/mol. The van der Waals surface area contributed by atoms with Crippen molar-refractivity contribution in [1.82, 2.24) is 25.9 Å². The molecule has 250 valence electrons. The molecular formula is C26H47N9O9. The molecule has 0 amide bonds. The van der Waals surface area contributed by atoms with Gasteiger partial charge in [0.2, 0.25) is 5.75 Å². The van der Waals surface area contributed by atoms with Crippen molar-refractivity contribution in [1.29, 1.82) is 0 Å². The molecule has 0 saturated heterocycles. The Morgan fingerprint density at radius 1 is 0.886 bits per heavy atom. The molecule has 0 aliphatic carbocycles. The van der Waals surface area contributed by atoms with Crippen LogP contribution in [0.4, 0.5) is 0 Å². The number of aromatic amines is 1. The fourth-order valence-electron chi connectivity index (χ4n) is 2.18. The third kappa shape index (κ3) is 12.8. The Bertz CT molecular complexity index is 1280. The van der Waals surface area contributed by atoms with Crippen LogP contribution in [0.2, 0.25) is 0 Å². The van der Waals surface area contributed by atoms with Gasteiger partial charge in [-0.3, -0.25) is 4.79 Å². The summed E-state index contributed by atoms with van der Waals surface area (Å²) in [5, 5.41) is 29.2. The van der Waals surface area contributed by atoms with Crippen LogP contribution in [0.5, 0.6) is 5.75 Å². The molecule has 0 atom stereocenters. The number of nitrogens with one attached hydrogen (secondary N) is 4. The Hall–Kier alpha value is -4.55. The van der Waals surface area contributed by atoms with Gasteiger partial charge < -0.3 is 56.9 Å². The van der Waals surface area contributed by atoms with Crippen LogP contribution in [0, 0.1) is 0 Å². The molecule has 1 aromatic heterocycles. The van der Waals surface area contributed by atoms with Crippen molar-refractivity contribution in [2.45, 2.75) is 58.2 Å². The van der Waals surface area contributed by atoms with Crippen molar-refractivity contribution in [2.24, 2.45) is 21.6 Å². The van der Waals surface area contributed by atoms with Gasteiger partial charge in [-0.25, -0.2) is 24.4 Å². The zero-order chi connectivity index (χ0) is 35.1. The largest absolute Gasteiger partial charge is 0.501 e. The van der Waals surface area contributed by atoms with Gasteiger partial charge in [-0.1, -0.05) is 5.16 Å². The van der Waals surface area contributed by atoms with Gasteiger partial charge in [0.25, 0.3) is 5.56 Å². The molecule has 0 saturated carbocycles. The Labute approximate surface area is 256 Å². The van der Waals surface area contributed by atoms with Gasteiger partial charge in [0, 0.05) is 0 Å². The number of ether oxygens (including phenoxy) is 3. The van der Waals surface area contributed by atoms with E-state index in [1.165, 1.54) is 14.2 Å². The molecule has 0 unspecified atom stereocenters. The number of nitrogens with two attached hydrogens (primary N) is 2. The number of nitrogens with zero attached hydrogens (tertiary/aromatic N) is 3. The minimum atomic E-state index is -0.859. The maximum absolute atomic E-state index is 11.5. The van der Waals surface area contributed by atoms with Crippen molar-refractivity contribution in [3.8, 4) is 5.75 Å². The lowest BCUT2D eigenvalue weighted by Crippen LogP contribution is -2.49. The van der Waals surface area contributed by atoms with E-state index in [-0.39, 0.29) is 23.2 Å². The van der Waals surface area contributed by atoms with Gasteiger partial charge in [0.05, 0.1) is 44.0 Å². The first kappa shape index (κ1) is 41.6. The number of likely N-dealkylation sites (N-methyl/N-ethyl adjacent to an activating group) is 2. The molecule has 1 heterocycles. The first-order chi connectivity index (χ1) is 20.2. The van der Waals surface area contributed by atoms with Gasteiger partial charge in [-0.2, -0.15) is 0 Å². The molecule has 10 N–H and O–H groups in total. The number of hydrogen-bond donors (Lipinski definition) is 8. The zero-order valence-corrected chi connectivity index (χ0v) is 27.3. The van der Waals surface area contributed by atoms with Crippen LogP contribution in [0.1, 0.15) is 57.9 Å². The third-order valence-corrected chi connectivity index (χ3v) is 6.22. The van der Waals surface area contributed by atoms with Gasteiger partial charge in [0.15, 0.2) is 17.2 Å². The minimum Gasteiger partial charge on any atom is -0.501 e. The van der Waals surface area contributed by atoms with Crippen LogP contribution in [-0.4, -0.2) is 103 Å². The number of carbonyl (C=O) groups is 3. The maximum Gasteiger partial charge on any atom is 0.360 e. The molecule has 0 fully saturated rings. The van der Waals surface area contributed by atoms with E-state index in [0.717, 1.165) is 13.2 Å².